The van der Waals surface area contributed by atoms with E-state index in [-0.39, 0.29) is 10.2 Å². The number of Topliss-reactive ketones (excluding diaryl/α,β-unsaturated/α-hetero) is 1. The predicted octanol–water partition coefficient (Wildman–Crippen LogP) is 5.36. The van der Waals surface area contributed by atoms with Gasteiger partial charge in [-0.15, -0.1) is 11.8 Å². The van der Waals surface area contributed by atoms with Crippen LogP contribution in [0.15, 0.2) is 45.8 Å². The van der Waals surface area contributed by atoms with E-state index >= 15 is 0 Å². The zero-order valence-electron chi connectivity index (χ0n) is 10.00. The molecule has 2 aromatic carbocycles. The lowest BCUT2D eigenvalue weighted by molar-refractivity contribution is 0.101. The van der Waals surface area contributed by atoms with Crippen molar-refractivity contribution in [2.75, 3.05) is 5.75 Å². The number of carbonyl (C=O) groups excluding carboxylic acids is 1. The summed E-state index contributed by atoms with van der Waals surface area (Å²) in [6.45, 7) is 0. The predicted molar refractivity (Wildman–Crippen MR) is 80.6 cm³/mol. The lowest BCUT2D eigenvalue weighted by Crippen LogP contribution is -2.09. The summed E-state index contributed by atoms with van der Waals surface area (Å²) in [6.07, 6.45) is 0. The second kappa shape index (κ2) is 6.70. The molecule has 0 atom stereocenters. The molecule has 0 bridgehead atoms. The highest BCUT2D eigenvalue weighted by Crippen LogP contribution is 2.28. The first-order valence-corrected chi connectivity index (χ1v) is 7.70. The summed E-state index contributed by atoms with van der Waals surface area (Å²) in [5.41, 5.74) is -0.529. The molecule has 0 aliphatic carbocycles. The molecule has 0 unspecified atom stereocenters. The minimum absolute atomic E-state index is 0.0602. The first-order valence-electron chi connectivity index (χ1n) is 5.54. The van der Waals surface area contributed by atoms with Gasteiger partial charge in [-0.3, -0.25) is 4.79 Å². The topological polar surface area (TPSA) is 17.1 Å². The highest BCUT2D eigenvalue weighted by molar-refractivity contribution is 9.10. The van der Waals surface area contributed by atoms with Crippen molar-refractivity contribution in [1.29, 1.82) is 0 Å². The van der Waals surface area contributed by atoms with E-state index in [0.717, 1.165) is 17.8 Å². The molecule has 0 radical (unpaired) electrons. The average Bonchev–Trinajstić information content (AvgIpc) is 2.42. The van der Waals surface area contributed by atoms with Gasteiger partial charge in [-0.25, -0.2) is 8.78 Å². The number of thioether (sulfide) groups is 1. The molecule has 0 saturated heterocycles. The molecule has 0 spiro atoms. The minimum Gasteiger partial charge on any atom is -0.293 e. The van der Waals surface area contributed by atoms with Gasteiger partial charge in [0.2, 0.25) is 0 Å². The fourth-order valence-electron chi connectivity index (χ4n) is 1.56. The normalized spacial score (nSPS) is 10.6. The van der Waals surface area contributed by atoms with Crippen LogP contribution in [0.5, 0.6) is 0 Å². The van der Waals surface area contributed by atoms with Crippen molar-refractivity contribution in [2.45, 2.75) is 4.90 Å². The highest BCUT2D eigenvalue weighted by atomic mass is 79.9. The zero-order chi connectivity index (χ0) is 14.7. The van der Waals surface area contributed by atoms with Gasteiger partial charge in [-0.1, -0.05) is 23.7 Å². The minimum atomic E-state index is -0.880. The van der Waals surface area contributed by atoms with Crippen molar-refractivity contribution >= 4 is 45.1 Å². The number of halogens is 4. The van der Waals surface area contributed by atoms with Crippen molar-refractivity contribution in [2.24, 2.45) is 0 Å². The monoisotopic (exact) mass is 376 g/mol. The lowest BCUT2D eigenvalue weighted by atomic mass is 10.1. The number of rotatable bonds is 4. The Morgan fingerprint density at radius 3 is 2.60 bits per heavy atom. The number of hydrogen-bond acceptors (Lipinski definition) is 2. The SMILES string of the molecule is O=C(CSc1ccccc1Cl)c1c(F)ccc(Br)c1F. The summed E-state index contributed by atoms with van der Waals surface area (Å²) < 4.78 is 27.4. The third kappa shape index (κ3) is 3.40. The molecule has 0 aromatic heterocycles. The van der Waals surface area contributed by atoms with Crippen molar-refractivity contribution in [3.63, 3.8) is 0 Å². The third-order valence-electron chi connectivity index (χ3n) is 2.52. The van der Waals surface area contributed by atoms with Gasteiger partial charge in [-0.2, -0.15) is 0 Å². The van der Waals surface area contributed by atoms with E-state index in [1.54, 1.807) is 24.3 Å². The van der Waals surface area contributed by atoms with Gasteiger partial charge in [0.25, 0.3) is 0 Å². The second-order valence-corrected chi connectivity index (χ2v) is 6.14. The van der Waals surface area contributed by atoms with Crippen LogP contribution >= 0.6 is 39.3 Å². The van der Waals surface area contributed by atoms with Crippen molar-refractivity contribution < 1.29 is 13.6 Å². The Balaban J connectivity index is 2.18. The molecule has 0 heterocycles. The maximum absolute atomic E-state index is 13.8. The van der Waals surface area contributed by atoms with Crippen LogP contribution in [0.1, 0.15) is 10.4 Å². The third-order valence-corrected chi connectivity index (χ3v) is 4.65. The molecule has 20 heavy (non-hydrogen) atoms. The molecule has 2 aromatic rings. The Hall–Kier alpha value is -0.910. The number of ketones is 1. The quantitative estimate of drug-likeness (QED) is 0.405. The standard InChI is InChI=1S/C14H8BrClF2OS/c15-8-5-6-10(17)13(14(8)18)11(19)7-20-12-4-2-1-3-9(12)16/h1-6H,7H2. The maximum atomic E-state index is 13.8. The Morgan fingerprint density at radius 1 is 1.20 bits per heavy atom. The largest absolute Gasteiger partial charge is 0.293 e. The molecule has 0 aliphatic rings. The molecule has 0 aliphatic heterocycles. The molecule has 0 amide bonds. The van der Waals surface area contributed by atoms with E-state index in [2.05, 4.69) is 15.9 Å². The molecule has 0 saturated carbocycles. The summed E-state index contributed by atoms with van der Waals surface area (Å²) in [6, 6.07) is 9.26. The summed E-state index contributed by atoms with van der Waals surface area (Å²) in [4.78, 5) is 12.7. The van der Waals surface area contributed by atoms with Gasteiger partial charge >= 0.3 is 0 Å². The summed E-state index contributed by atoms with van der Waals surface area (Å²) in [7, 11) is 0. The first kappa shape index (κ1) is 15.5. The summed E-state index contributed by atoms with van der Waals surface area (Å²) in [5, 5.41) is 0.500. The van der Waals surface area contributed by atoms with E-state index in [1.165, 1.54) is 6.07 Å². The molecule has 0 N–H and O–H groups in total. The number of hydrogen-bond donors (Lipinski definition) is 0. The summed E-state index contributed by atoms with van der Waals surface area (Å²) >= 11 is 10.0. The van der Waals surface area contributed by atoms with Gasteiger partial charge < -0.3 is 0 Å². The Morgan fingerprint density at radius 2 is 1.90 bits per heavy atom. The van der Waals surface area contributed by atoms with Crippen molar-refractivity contribution in [3.8, 4) is 0 Å². The van der Waals surface area contributed by atoms with E-state index in [0.29, 0.717) is 9.92 Å². The van der Waals surface area contributed by atoms with Crippen molar-refractivity contribution in [3.05, 3.63) is 63.1 Å². The summed E-state index contributed by atoms with van der Waals surface area (Å²) in [5.74, 6) is -2.45. The van der Waals surface area contributed by atoms with Crippen LogP contribution in [0.25, 0.3) is 0 Å². The molecule has 2 rings (SSSR count). The van der Waals surface area contributed by atoms with Gasteiger partial charge in [0, 0.05) is 4.90 Å². The highest BCUT2D eigenvalue weighted by Gasteiger charge is 2.19. The van der Waals surface area contributed by atoms with Crippen LogP contribution in [-0.2, 0) is 0 Å². The van der Waals surface area contributed by atoms with Crippen LogP contribution in [0.3, 0.4) is 0 Å². The van der Waals surface area contributed by atoms with Crippen LogP contribution in [-0.4, -0.2) is 11.5 Å². The first-order chi connectivity index (χ1) is 9.50. The van der Waals surface area contributed by atoms with Gasteiger partial charge in [-0.05, 0) is 40.2 Å². The van der Waals surface area contributed by atoms with Gasteiger partial charge in [0.05, 0.1) is 20.8 Å². The van der Waals surface area contributed by atoms with Crippen LogP contribution in [0, 0.1) is 11.6 Å². The lowest BCUT2D eigenvalue weighted by Gasteiger charge is -2.06. The molecule has 6 heteroatoms. The number of carbonyl (C=O) groups is 1. The Labute approximate surface area is 132 Å². The van der Waals surface area contributed by atoms with E-state index in [4.69, 9.17) is 11.6 Å². The van der Waals surface area contributed by atoms with Gasteiger partial charge in [0.15, 0.2) is 11.6 Å². The van der Waals surface area contributed by atoms with Crippen LogP contribution in [0.4, 0.5) is 8.78 Å². The molecular weight excluding hydrogens is 370 g/mol. The van der Waals surface area contributed by atoms with Gasteiger partial charge in [0.1, 0.15) is 5.82 Å². The fraction of sp³-hybridized carbons (Fsp3) is 0.0714. The average molecular weight is 378 g/mol. The zero-order valence-corrected chi connectivity index (χ0v) is 13.2. The molecule has 1 nitrogen and oxygen atoms in total. The van der Waals surface area contributed by atoms with Crippen molar-refractivity contribution in [1.82, 2.24) is 0 Å². The second-order valence-electron chi connectivity index (χ2n) is 3.86. The Bertz CT molecular complexity index is 664. The smallest absolute Gasteiger partial charge is 0.179 e. The van der Waals surface area contributed by atoms with Crippen LogP contribution in [0.2, 0.25) is 5.02 Å². The molecule has 0 fully saturated rings. The van der Waals surface area contributed by atoms with E-state index in [1.807, 2.05) is 0 Å². The maximum Gasteiger partial charge on any atom is 0.179 e. The molecular formula is C14H8BrClF2OS. The number of benzene rings is 2. The molecule has 104 valence electrons. The van der Waals surface area contributed by atoms with E-state index < -0.39 is 23.0 Å². The fourth-order valence-corrected chi connectivity index (χ4v) is 3.00. The van der Waals surface area contributed by atoms with E-state index in [9.17, 15) is 13.6 Å². The van der Waals surface area contributed by atoms with Crippen LogP contribution < -0.4 is 0 Å². The Kier molecular flexibility index (Phi) is 5.18.